The Labute approximate surface area is 222 Å². The number of nitrogens with one attached hydrogen (secondary N) is 2. The Morgan fingerprint density at radius 2 is 1.92 bits per heavy atom. The maximum absolute atomic E-state index is 13.3. The lowest BCUT2D eigenvalue weighted by atomic mass is 10.1. The summed E-state index contributed by atoms with van der Waals surface area (Å²) in [6.07, 6.45) is 2.83. The summed E-state index contributed by atoms with van der Waals surface area (Å²) in [7, 11) is 3.71. The largest absolute Gasteiger partial charge is 0.492 e. The smallest absolute Gasteiger partial charge is 0.260 e. The highest BCUT2D eigenvalue weighted by Crippen LogP contribution is 2.40. The molecule has 4 heterocycles. The Morgan fingerprint density at radius 3 is 2.74 bits per heavy atom. The summed E-state index contributed by atoms with van der Waals surface area (Å²) in [5.41, 5.74) is 4.37. The first-order chi connectivity index (χ1) is 18.4. The molecule has 2 fully saturated rings. The number of carbonyl (C=O) groups excluding carboxylic acids is 2. The Balaban J connectivity index is 1.28. The lowest BCUT2D eigenvalue weighted by molar-refractivity contribution is 0.0782. The van der Waals surface area contributed by atoms with Crippen molar-refractivity contribution in [2.24, 2.45) is 5.92 Å². The van der Waals surface area contributed by atoms with Crippen LogP contribution in [0.1, 0.15) is 34.1 Å². The molecule has 2 atom stereocenters. The standard InChI is InChI=1S/C29H32N6O3/c1-4-38-26-13-18(28(36)35-16-19-11-12-30-22(19)17-35)9-10-21(26)32-27-14-24-25(15-31-27)34(3)29(37)20-7-5-6-8-23(20)33(24)2/h5-10,13-15,19,22,30H,4,11-12,16-17H2,1-3H3,(H,31,32). The monoisotopic (exact) mass is 512 g/mol. The van der Waals surface area contributed by atoms with Gasteiger partial charge < -0.3 is 30.1 Å². The summed E-state index contributed by atoms with van der Waals surface area (Å²) in [6, 6.07) is 15.4. The van der Waals surface area contributed by atoms with Crippen LogP contribution in [0.5, 0.6) is 5.75 Å². The summed E-state index contributed by atoms with van der Waals surface area (Å²) in [4.78, 5) is 36.5. The van der Waals surface area contributed by atoms with E-state index in [1.54, 1.807) is 18.1 Å². The molecule has 9 nitrogen and oxygen atoms in total. The molecule has 38 heavy (non-hydrogen) atoms. The van der Waals surface area contributed by atoms with E-state index in [2.05, 4.69) is 15.6 Å². The zero-order valence-corrected chi connectivity index (χ0v) is 21.9. The van der Waals surface area contributed by atoms with Crippen LogP contribution in [0.3, 0.4) is 0 Å². The van der Waals surface area contributed by atoms with E-state index in [0.29, 0.717) is 41.3 Å². The van der Waals surface area contributed by atoms with Gasteiger partial charge in [-0.05, 0) is 56.1 Å². The highest BCUT2D eigenvalue weighted by atomic mass is 16.5. The van der Waals surface area contributed by atoms with Crippen LogP contribution in [0.4, 0.5) is 28.6 Å². The highest BCUT2D eigenvalue weighted by Gasteiger charge is 2.38. The first kappa shape index (κ1) is 24.2. The van der Waals surface area contributed by atoms with Crippen molar-refractivity contribution in [1.82, 2.24) is 15.2 Å². The normalized spacial score (nSPS) is 20.1. The zero-order chi connectivity index (χ0) is 26.4. The summed E-state index contributed by atoms with van der Waals surface area (Å²) in [5.74, 6) is 1.70. The molecular weight excluding hydrogens is 480 g/mol. The predicted octanol–water partition coefficient (Wildman–Crippen LogP) is 4.02. The van der Waals surface area contributed by atoms with E-state index in [0.717, 1.165) is 48.8 Å². The SMILES string of the molecule is CCOc1cc(C(=O)N2CC3CCNC3C2)ccc1Nc1cc2c(cn1)N(C)C(=O)c1ccccc1N2C. The van der Waals surface area contributed by atoms with Gasteiger partial charge in [-0.2, -0.15) is 0 Å². The third kappa shape index (κ3) is 4.12. The van der Waals surface area contributed by atoms with Gasteiger partial charge in [0.15, 0.2) is 0 Å². The number of rotatable bonds is 5. The first-order valence-electron chi connectivity index (χ1n) is 13.1. The maximum Gasteiger partial charge on any atom is 0.260 e. The fourth-order valence-electron chi connectivity index (χ4n) is 5.77. The lowest BCUT2D eigenvalue weighted by Gasteiger charge is -2.23. The van der Waals surface area contributed by atoms with E-state index in [-0.39, 0.29) is 11.8 Å². The van der Waals surface area contributed by atoms with Crippen LogP contribution in [0.25, 0.3) is 0 Å². The van der Waals surface area contributed by atoms with E-state index >= 15 is 0 Å². The van der Waals surface area contributed by atoms with Gasteiger partial charge in [-0.1, -0.05) is 12.1 Å². The van der Waals surface area contributed by atoms with Crippen molar-refractivity contribution in [3.05, 3.63) is 65.9 Å². The molecule has 196 valence electrons. The number of hydrogen-bond donors (Lipinski definition) is 2. The summed E-state index contributed by atoms with van der Waals surface area (Å²) in [6.45, 7) is 4.98. The van der Waals surface area contributed by atoms with Gasteiger partial charge in [-0.15, -0.1) is 0 Å². The number of hydrogen-bond acceptors (Lipinski definition) is 7. The second-order valence-corrected chi connectivity index (χ2v) is 10.1. The van der Waals surface area contributed by atoms with E-state index in [9.17, 15) is 9.59 Å². The van der Waals surface area contributed by atoms with Crippen LogP contribution in [-0.2, 0) is 0 Å². The van der Waals surface area contributed by atoms with Gasteiger partial charge in [-0.25, -0.2) is 4.98 Å². The van der Waals surface area contributed by atoms with Crippen molar-refractivity contribution >= 4 is 40.4 Å². The Hall–Kier alpha value is -4.11. The predicted molar refractivity (Wildman–Crippen MR) is 148 cm³/mol. The van der Waals surface area contributed by atoms with Crippen molar-refractivity contribution in [3.63, 3.8) is 0 Å². The fourth-order valence-corrected chi connectivity index (χ4v) is 5.77. The zero-order valence-electron chi connectivity index (χ0n) is 21.9. The van der Waals surface area contributed by atoms with Crippen molar-refractivity contribution in [2.75, 3.05) is 55.5 Å². The van der Waals surface area contributed by atoms with Gasteiger partial charge in [0.05, 0.1) is 41.1 Å². The van der Waals surface area contributed by atoms with Crippen LogP contribution in [-0.4, -0.2) is 68.1 Å². The van der Waals surface area contributed by atoms with E-state index in [4.69, 9.17) is 4.74 Å². The van der Waals surface area contributed by atoms with Crippen molar-refractivity contribution in [1.29, 1.82) is 0 Å². The molecule has 0 spiro atoms. The van der Waals surface area contributed by atoms with Crippen LogP contribution in [0.2, 0.25) is 0 Å². The molecule has 1 aromatic heterocycles. The average Bonchev–Trinajstić information content (AvgIpc) is 3.54. The van der Waals surface area contributed by atoms with Crippen molar-refractivity contribution in [2.45, 2.75) is 19.4 Å². The van der Waals surface area contributed by atoms with Gasteiger partial charge in [0, 0.05) is 44.9 Å². The Kier molecular flexibility index (Phi) is 6.15. The van der Waals surface area contributed by atoms with Crippen LogP contribution in [0, 0.1) is 5.92 Å². The van der Waals surface area contributed by atoms with E-state index in [1.165, 1.54) is 0 Å². The average molecular weight is 513 g/mol. The minimum atomic E-state index is -0.0787. The van der Waals surface area contributed by atoms with Crippen molar-refractivity contribution in [3.8, 4) is 5.75 Å². The van der Waals surface area contributed by atoms with E-state index in [1.807, 2.05) is 72.3 Å². The third-order valence-electron chi connectivity index (χ3n) is 7.83. The molecule has 2 saturated heterocycles. The minimum absolute atomic E-state index is 0.0323. The quantitative estimate of drug-likeness (QED) is 0.534. The van der Waals surface area contributed by atoms with E-state index < -0.39 is 0 Å². The summed E-state index contributed by atoms with van der Waals surface area (Å²) >= 11 is 0. The number of amides is 2. The number of carbonyl (C=O) groups is 2. The van der Waals surface area contributed by atoms with Gasteiger partial charge in [-0.3, -0.25) is 9.59 Å². The number of nitrogens with zero attached hydrogens (tertiary/aromatic N) is 4. The molecule has 9 heteroatoms. The molecule has 0 aliphatic carbocycles. The number of fused-ring (bicyclic) bond motifs is 3. The van der Waals surface area contributed by atoms with Gasteiger partial charge in [0.2, 0.25) is 0 Å². The molecule has 3 aliphatic heterocycles. The maximum atomic E-state index is 13.3. The minimum Gasteiger partial charge on any atom is -0.492 e. The lowest BCUT2D eigenvalue weighted by Crippen LogP contribution is -2.33. The molecule has 2 amide bonds. The van der Waals surface area contributed by atoms with Crippen LogP contribution < -0.4 is 25.2 Å². The Bertz CT molecular complexity index is 1400. The number of ether oxygens (including phenoxy) is 1. The molecule has 0 saturated carbocycles. The molecule has 2 aromatic carbocycles. The van der Waals surface area contributed by atoms with Gasteiger partial charge in [0.25, 0.3) is 11.8 Å². The van der Waals surface area contributed by atoms with Crippen molar-refractivity contribution < 1.29 is 14.3 Å². The molecule has 2 unspecified atom stereocenters. The van der Waals surface area contributed by atoms with Crippen LogP contribution in [0.15, 0.2) is 54.7 Å². The fraction of sp³-hybridized carbons (Fsp3) is 0.345. The number of anilines is 5. The molecule has 3 aromatic rings. The molecule has 0 bridgehead atoms. The topological polar surface area (TPSA) is 90.0 Å². The highest BCUT2D eigenvalue weighted by molar-refractivity contribution is 6.13. The van der Waals surface area contributed by atoms with Gasteiger partial charge in [0.1, 0.15) is 11.6 Å². The summed E-state index contributed by atoms with van der Waals surface area (Å²) < 4.78 is 5.93. The number of likely N-dealkylation sites (tertiary alicyclic amines) is 1. The molecule has 3 aliphatic rings. The summed E-state index contributed by atoms with van der Waals surface area (Å²) in [5, 5.41) is 6.87. The van der Waals surface area contributed by atoms with Gasteiger partial charge >= 0.3 is 0 Å². The number of aromatic nitrogens is 1. The number of pyridine rings is 1. The Morgan fingerprint density at radius 1 is 1.08 bits per heavy atom. The van der Waals surface area contributed by atoms with Crippen LogP contribution >= 0.6 is 0 Å². The number of benzene rings is 2. The second-order valence-electron chi connectivity index (χ2n) is 10.1. The third-order valence-corrected chi connectivity index (χ3v) is 7.83. The molecule has 2 N–H and O–H groups in total. The molecule has 0 radical (unpaired) electrons. The molecular formula is C29H32N6O3. The molecule has 6 rings (SSSR count). The first-order valence-corrected chi connectivity index (χ1v) is 13.1. The number of para-hydroxylation sites is 1. The second kappa shape index (κ2) is 9.64.